The second-order valence-corrected chi connectivity index (χ2v) is 6.83. The minimum atomic E-state index is -0.0431. The number of carbonyl (C=O) groups is 1. The normalized spacial score (nSPS) is 24.4. The Morgan fingerprint density at radius 1 is 1.42 bits per heavy atom. The highest BCUT2D eigenvalue weighted by molar-refractivity contribution is 5.74. The van der Waals surface area contributed by atoms with Crippen molar-refractivity contribution in [2.24, 2.45) is 11.3 Å². The molecule has 4 nitrogen and oxygen atoms in total. The van der Waals surface area contributed by atoms with E-state index in [1.165, 1.54) is 0 Å². The standard InChI is InChI=1S/C15H30N2O2/c1-12-6-9-17(13(2)10-12)14(19)16-8-5-7-15(3,4)11-18/h12-13,18H,5-11H2,1-4H3,(H,16,19). The quantitative estimate of drug-likeness (QED) is 0.755. The van der Waals surface area contributed by atoms with E-state index in [-0.39, 0.29) is 18.1 Å². The van der Waals surface area contributed by atoms with Crippen LogP contribution < -0.4 is 5.32 Å². The Kier molecular flexibility index (Phi) is 6.11. The molecule has 2 amide bonds. The molecule has 1 aliphatic rings. The smallest absolute Gasteiger partial charge is 0.317 e. The van der Waals surface area contributed by atoms with Crippen LogP contribution in [0.2, 0.25) is 0 Å². The molecular formula is C15H30N2O2. The lowest BCUT2D eigenvalue weighted by Crippen LogP contribution is -2.49. The molecule has 0 aromatic heterocycles. The van der Waals surface area contributed by atoms with Crippen molar-refractivity contribution >= 4 is 6.03 Å². The maximum absolute atomic E-state index is 12.1. The van der Waals surface area contributed by atoms with E-state index >= 15 is 0 Å². The van der Waals surface area contributed by atoms with E-state index in [2.05, 4.69) is 19.2 Å². The fraction of sp³-hybridized carbons (Fsp3) is 0.933. The first-order chi connectivity index (χ1) is 8.85. The molecule has 0 saturated carbocycles. The molecule has 0 aromatic carbocycles. The molecule has 1 rings (SSSR count). The van der Waals surface area contributed by atoms with Gasteiger partial charge < -0.3 is 15.3 Å². The summed E-state index contributed by atoms with van der Waals surface area (Å²) in [6.45, 7) is 10.2. The van der Waals surface area contributed by atoms with Crippen molar-refractivity contribution < 1.29 is 9.90 Å². The zero-order valence-corrected chi connectivity index (χ0v) is 12.9. The van der Waals surface area contributed by atoms with Crippen molar-refractivity contribution in [1.29, 1.82) is 0 Å². The molecule has 0 radical (unpaired) electrons. The summed E-state index contributed by atoms with van der Waals surface area (Å²) >= 11 is 0. The van der Waals surface area contributed by atoms with Gasteiger partial charge in [0.15, 0.2) is 0 Å². The van der Waals surface area contributed by atoms with Crippen LogP contribution in [0.3, 0.4) is 0 Å². The zero-order chi connectivity index (χ0) is 14.5. The van der Waals surface area contributed by atoms with Gasteiger partial charge in [-0.3, -0.25) is 0 Å². The number of piperidine rings is 1. The van der Waals surface area contributed by atoms with Gasteiger partial charge in [-0.25, -0.2) is 4.79 Å². The second kappa shape index (κ2) is 7.13. The van der Waals surface area contributed by atoms with E-state index in [9.17, 15) is 9.90 Å². The Bertz CT molecular complexity index is 292. The lowest BCUT2D eigenvalue weighted by molar-refractivity contribution is 0.136. The Balaban J connectivity index is 2.24. The number of likely N-dealkylation sites (tertiary alicyclic amines) is 1. The molecule has 1 heterocycles. The number of hydrogen-bond acceptors (Lipinski definition) is 2. The van der Waals surface area contributed by atoms with Crippen LogP contribution in [0.4, 0.5) is 4.79 Å². The van der Waals surface area contributed by atoms with Crippen molar-refractivity contribution in [2.75, 3.05) is 19.7 Å². The van der Waals surface area contributed by atoms with Gasteiger partial charge in [0.05, 0.1) is 0 Å². The molecule has 0 aliphatic carbocycles. The van der Waals surface area contributed by atoms with Gasteiger partial charge in [0.25, 0.3) is 0 Å². The molecule has 2 atom stereocenters. The number of carbonyl (C=O) groups excluding carboxylic acids is 1. The van der Waals surface area contributed by atoms with Crippen LogP contribution in [0.15, 0.2) is 0 Å². The third kappa shape index (κ3) is 5.39. The van der Waals surface area contributed by atoms with Crippen molar-refractivity contribution in [3.05, 3.63) is 0 Å². The summed E-state index contributed by atoms with van der Waals surface area (Å²) in [7, 11) is 0. The minimum absolute atomic E-state index is 0.0431. The third-order valence-corrected chi connectivity index (χ3v) is 4.13. The molecule has 0 spiro atoms. The summed E-state index contributed by atoms with van der Waals surface area (Å²) in [5.74, 6) is 0.726. The van der Waals surface area contributed by atoms with Gasteiger partial charge in [-0.05, 0) is 43.9 Å². The second-order valence-electron chi connectivity index (χ2n) is 6.83. The van der Waals surface area contributed by atoms with Gasteiger partial charge >= 0.3 is 6.03 Å². The first kappa shape index (κ1) is 16.3. The van der Waals surface area contributed by atoms with Gasteiger partial charge in [-0.15, -0.1) is 0 Å². The van der Waals surface area contributed by atoms with E-state index in [0.717, 1.165) is 38.1 Å². The van der Waals surface area contributed by atoms with Crippen molar-refractivity contribution in [3.63, 3.8) is 0 Å². The number of nitrogens with one attached hydrogen (secondary N) is 1. The summed E-state index contributed by atoms with van der Waals surface area (Å²) in [6.07, 6.45) is 4.05. The van der Waals surface area contributed by atoms with Crippen LogP contribution in [-0.2, 0) is 0 Å². The predicted molar refractivity (Wildman–Crippen MR) is 78.1 cm³/mol. The number of urea groups is 1. The SMILES string of the molecule is CC1CCN(C(=O)NCCCC(C)(C)CO)C(C)C1. The zero-order valence-electron chi connectivity index (χ0n) is 12.9. The van der Waals surface area contributed by atoms with E-state index in [0.29, 0.717) is 12.6 Å². The van der Waals surface area contributed by atoms with Crippen LogP contribution >= 0.6 is 0 Å². The molecule has 2 N–H and O–H groups in total. The average molecular weight is 270 g/mol. The maximum Gasteiger partial charge on any atom is 0.317 e. The monoisotopic (exact) mass is 270 g/mol. The fourth-order valence-corrected chi connectivity index (χ4v) is 2.65. The first-order valence-corrected chi connectivity index (χ1v) is 7.51. The summed E-state index contributed by atoms with van der Waals surface area (Å²) < 4.78 is 0. The number of amides is 2. The Labute approximate surface area is 117 Å². The lowest BCUT2D eigenvalue weighted by atomic mass is 9.89. The van der Waals surface area contributed by atoms with E-state index in [1.807, 2.05) is 18.7 Å². The molecule has 1 aliphatic heterocycles. The first-order valence-electron chi connectivity index (χ1n) is 7.51. The number of hydrogen-bond donors (Lipinski definition) is 2. The highest BCUT2D eigenvalue weighted by atomic mass is 16.3. The van der Waals surface area contributed by atoms with E-state index in [4.69, 9.17) is 0 Å². The molecule has 112 valence electrons. The number of aliphatic hydroxyl groups is 1. The molecule has 1 saturated heterocycles. The number of aliphatic hydroxyl groups excluding tert-OH is 1. The number of rotatable bonds is 5. The topological polar surface area (TPSA) is 52.6 Å². The fourth-order valence-electron chi connectivity index (χ4n) is 2.65. The largest absolute Gasteiger partial charge is 0.396 e. The Morgan fingerprint density at radius 2 is 2.11 bits per heavy atom. The highest BCUT2D eigenvalue weighted by Crippen LogP contribution is 2.22. The minimum Gasteiger partial charge on any atom is -0.396 e. The Hall–Kier alpha value is -0.770. The van der Waals surface area contributed by atoms with Crippen molar-refractivity contribution in [1.82, 2.24) is 10.2 Å². The molecule has 0 bridgehead atoms. The summed E-state index contributed by atoms with van der Waals surface area (Å²) in [5, 5.41) is 12.2. The average Bonchev–Trinajstić information content (AvgIpc) is 2.34. The lowest BCUT2D eigenvalue weighted by Gasteiger charge is -2.36. The molecule has 19 heavy (non-hydrogen) atoms. The molecular weight excluding hydrogens is 240 g/mol. The highest BCUT2D eigenvalue weighted by Gasteiger charge is 2.26. The van der Waals surface area contributed by atoms with Gasteiger partial charge in [-0.1, -0.05) is 20.8 Å². The van der Waals surface area contributed by atoms with Crippen molar-refractivity contribution in [3.8, 4) is 0 Å². The summed E-state index contributed by atoms with van der Waals surface area (Å²) in [4.78, 5) is 14.0. The Morgan fingerprint density at radius 3 is 2.68 bits per heavy atom. The van der Waals surface area contributed by atoms with Crippen LogP contribution in [-0.4, -0.2) is 41.8 Å². The van der Waals surface area contributed by atoms with Crippen LogP contribution in [0, 0.1) is 11.3 Å². The number of nitrogens with zero attached hydrogens (tertiary/aromatic N) is 1. The van der Waals surface area contributed by atoms with E-state index < -0.39 is 0 Å². The van der Waals surface area contributed by atoms with Gasteiger partial charge in [0.2, 0.25) is 0 Å². The summed E-state index contributed by atoms with van der Waals surface area (Å²) in [6, 6.07) is 0.416. The van der Waals surface area contributed by atoms with Crippen LogP contribution in [0.25, 0.3) is 0 Å². The maximum atomic E-state index is 12.1. The van der Waals surface area contributed by atoms with Crippen LogP contribution in [0.5, 0.6) is 0 Å². The van der Waals surface area contributed by atoms with Crippen molar-refractivity contribution in [2.45, 2.75) is 59.4 Å². The van der Waals surface area contributed by atoms with E-state index in [1.54, 1.807) is 0 Å². The molecule has 4 heteroatoms. The predicted octanol–water partition coefficient (Wildman–Crippen LogP) is 2.62. The van der Waals surface area contributed by atoms with Crippen LogP contribution in [0.1, 0.15) is 53.4 Å². The molecule has 2 unspecified atom stereocenters. The molecule has 0 aromatic rings. The third-order valence-electron chi connectivity index (χ3n) is 4.13. The van der Waals surface area contributed by atoms with Gasteiger partial charge in [0.1, 0.15) is 0 Å². The molecule has 1 fully saturated rings. The summed E-state index contributed by atoms with van der Waals surface area (Å²) in [5.41, 5.74) is -0.0431. The van der Waals surface area contributed by atoms with Gasteiger partial charge in [0, 0.05) is 25.7 Å². The van der Waals surface area contributed by atoms with Gasteiger partial charge in [-0.2, -0.15) is 0 Å².